The molecule has 1 N–H and O–H groups in total. The lowest BCUT2D eigenvalue weighted by Crippen LogP contribution is -2.40. The van der Waals surface area contributed by atoms with Gasteiger partial charge in [-0.3, -0.25) is 4.79 Å². The van der Waals surface area contributed by atoms with Gasteiger partial charge in [0.15, 0.2) is 0 Å². The van der Waals surface area contributed by atoms with Gasteiger partial charge in [-0.2, -0.15) is 0 Å². The number of halogens is 1. The Morgan fingerprint density at radius 3 is 2.93 bits per heavy atom. The number of nitrogens with one attached hydrogen (secondary N) is 1. The molecule has 1 rings (SSSR count). The molecule has 0 spiro atoms. The highest BCUT2D eigenvalue weighted by atomic mass is 35.5. The molecule has 0 amide bonds. The van der Waals surface area contributed by atoms with Crippen LogP contribution in [-0.4, -0.2) is 25.2 Å². The fourth-order valence-corrected chi connectivity index (χ4v) is 1.46. The van der Waals surface area contributed by atoms with E-state index in [1.165, 1.54) is 5.57 Å². The lowest BCUT2D eigenvalue weighted by Gasteiger charge is -2.21. The van der Waals surface area contributed by atoms with Gasteiger partial charge in [-0.1, -0.05) is 18.6 Å². The maximum Gasteiger partial charge on any atom is 0.323 e. The van der Waals surface area contributed by atoms with Gasteiger partial charge in [0.05, 0.1) is 6.61 Å². The first-order chi connectivity index (χ1) is 6.27. The zero-order chi connectivity index (χ0) is 9.68. The normalized spacial score (nSPS) is 20.7. The van der Waals surface area contributed by atoms with Crippen molar-refractivity contribution in [2.75, 3.05) is 13.2 Å². The van der Waals surface area contributed by atoms with Gasteiger partial charge in [0.1, 0.15) is 6.04 Å². The van der Waals surface area contributed by atoms with E-state index >= 15 is 0 Å². The Morgan fingerprint density at radius 1 is 1.64 bits per heavy atom. The molecule has 1 atom stereocenters. The van der Waals surface area contributed by atoms with E-state index in [0.29, 0.717) is 6.61 Å². The van der Waals surface area contributed by atoms with E-state index in [4.69, 9.17) is 4.74 Å². The monoisotopic (exact) mass is 219 g/mol. The number of carbonyl (C=O) groups excluding carboxylic acids is 1. The fourth-order valence-electron chi connectivity index (χ4n) is 1.46. The van der Waals surface area contributed by atoms with E-state index in [1.54, 1.807) is 0 Å². The predicted molar refractivity (Wildman–Crippen MR) is 58.7 cm³/mol. The minimum atomic E-state index is -0.125. The Labute approximate surface area is 91.3 Å². The highest BCUT2D eigenvalue weighted by Crippen LogP contribution is 2.14. The van der Waals surface area contributed by atoms with Crippen LogP contribution in [0, 0.1) is 0 Å². The first-order valence-corrected chi connectivity index (χ1v) is 4.85. The molecule has 3 nitrogen and oxygen atoms in total. The van der Waals surface area contributed by atoms with Crippen molar-refractivity contribution in [1.82, 2.24) is 5.32 Å². The van der Waals surface area contributed by atoms with Crippen LogP contribution < -0.4 is 5.32 Å². The molecule has 0 aromatic carbocycles. The average Bonchev–Trinajstić information content (AvgIpc) is 2.18. The minimum absolute atomic E-state index is 0. The molecule has 14 heavy (non-hydrogen) atoms. The first kappa shape index (κ1) is 13.5. The smallest absolute Gasteiger partial charge is 0.323 e. The van der Waals surface area contributed by atoms with E-state index < -0.39 is 0 Å². The van der Waals surface area contributed by atoms with Crippen LogP contribution in [-0.2, 0) is 9.53 Å². The average molecular weight is 220 g/mol. The maximum atomic E-state index is 11.3. The Bertz CT molecular complexity index is 216. The van der Waals surface area contributed by atoms with Crippen LogP contribution in [0.15, 0.2) is 11.6 Å². The molecule has 1 aliphatic rings. The summed E-state index contributed by atoms with van der Waals surface area (Å²) in [5, 5.41) is 3.12. The fraction of sp³-hybridized carbons (Fsp3) is 0.700. The van der Waals surface area contributed by atoms with Crippen LogP contribution in [0.3, 0.4) is 0 Å². The first-order valence-electron chi connectivity index (χ1n) is 4.85. The highest BCUT2D eigenvalue weighted by Gasteiger charge is 2.22. The van der Waals surface area contributed by atoms with Crippen molar-refractivity contribution in [3.63, 3.8) is 0 Å². The third-order valence-electron chi connectivity index (χ3n) is 2.25. The van der Waals surface area contributed by atoms with Gasteiger partial charge in [0, 0.05) is 6.54 Å². The number of hydrogen-bond donors (Lipinski definition) is 1. The third kappa shape index (κ3) is 3.68. The molecule has 0 saturated carbocycles. The largest absolute Gasteiger partial charge is 0.465 e. The third-order valence-corrected chi connectivity index (χ3v) is 2.25. The van der Waals surface area contributed by atoms with Gasteiger partial charge in [-0.25, -0.2) is 0 Å². The van der Waals surface area contributed by atoms with Crippen LogP contribution in [0.5, 0.6) is 0 Å². The summed E-state index contributed by atoms with van der Waals surface area (Å²) in [6, 6.07) is -0.125. The number of ether oxygens (including phenoxy) is 1. The van der Waals surface area contributed by atoms with E-state index in [2.05, 4.69) is 18.3 Å². The summed E-state index contributed by atoms with van der Waals surface area (Å²) in [6.45, 7) is 5.19. The molecule has 1 aliphatic heterocycles. The van der Waals surface area contributed by atoms with Crippen LogP contribution in [0.1, 0.15) is 26.7 Å². The molecular formula is C10H18ClNO2. The van der Waals surface area contributed by atoms with E-state index in [0.717, 1.165) is 19.4 Å². The summed E-state index contributed by atoms with van der Waals surface area (Å²) in [7, 11) is 0. The van der Waals surface area contributed by atoms with Gasteiger partial charge < -0.3 is 10.1 Å². The lowest BCUT2D eigenvalue weighted by atomic mass is 10.0. The molecule has 0 saturated heterocycles. The van der Waals surface area contributed by atoms with Crippen molar-refractivity contribution in [2.45, 2.75) is 32.7 Å². The summed E-state index contributed by atoms with van der Waals surface area (Å²) in [6.07, 6.45) is 3.97. The van der Waals surface area contributed by atoms with E-state index in [1.807, 2.05) is 6.92 Å². The molecule has 0 bridgehead atoms. The summed E-state index contributed by atoms with van der Waals surface area (Å²) in [5.41, 5.74) is 1.34. The number of esters is 1. The highest BCUT2D eigenvalue weighted by molar-refractivity contribution is 5.85. The molecule has 0 aromatic heterocycles. The zero-order valence-electron chi connectivity index (χ0n) is 8.71. The lowest BCUT2D eigenvalue weighted by molar-refractivity contribution is -0.145. The Hall–Kier alpha value is -0.540. The molecule has 82 valence electrons. The van der Waals surface area contributed by atoms with Gasteiger partial charge in [-0.15, -0.1) is 12.4 Å². The number of rotatable bonds is 3. The topological polar surface area (TPSA) is 38.3 Å². The van der Waals surface area contributed by atoms with Crippen LogP contribution in [0.25, 0.3) is 0 Å². The molecule has 0 aliphatic carbocycles. The Kier molecular flexibility index (Phi) is 6.58. The van der Waals surface area contributed by atoms with Crippen LogP contribution in [0.2, 0.25) is 0 Å². The molecule has 1 heterocycles. The standard InChI is InChI=1S/C10H17NO2.ClH/c1-3-8-5-6-11-9(7-8)10(12)13-4-2;/h5,9,11H,3-4,6-7H2,1-2H3;1H/t9-;/m1./s1. The van der Waals surface area contributed by atoms with E-state index in [-0.39, 0.29) is 24.4 Å². The van der Waals surface area contributed by atoms with Crippen molar-refractivity contribution < 1.29 is 9.53 Å². The van der Waals surface area contributed by atoms with Crippen LogP contribution in [0.4, 0.5) is 0 Å². The zero-order valence-corrected chi connectivity index (χ0v) is 9.52. The summed E-state index contributed by atoms with van der Waals surface area (Å²) in [4.78, 5) is 11.3. The molecular weight excluding hydrogens is 202 g/mol. The Balaban J connectivity index is 0.00000169. The minimum Gasteiger partial charge on any atom is -0.465 e. The van der Waals surface area contributed by atoms with Gasteiger partial charge in [0.25, 0.3) is 0 Å². The molecule has 0 unspecified atom stereocenters. The Morgan fingerprint density at radius 2 is 2.36 bits per heavy atom. The van der Waals surface area contributed by atoms with Gasteiger partial charge in [-0.05, 0) is 19.8 Å². The van der Waals surface area contributed by atoms with E-state index in [9.17, 15) is 4.79 Å². The number of hydrogen-bond acceptors (Lipinski definition) is 3. The molecule has 0 fully saturated rings. The summed E-state index contributed by atoms with van der Waals surface area (Å²) in [5.74, 6) is -0.124. The van der Waals surface area contributed by atoms with Crippen molar-refractivity contribution in [2.24, 2.45) is 0 Å². The van der Waals surface area contributed by atoms with Crippen molar-refractivity contribution in [1.29, 1.82) is 0 Å². The number of carbonyl (C=O) groups is 1. The van der Waals surface area contributed by atoms with Gasteiger partial charge in [0.2, 0.25) is 0 Å². The quantitative estimate of drug-likeness (QED) is 0.580. The van der Waals surface area contributed by atoms with Crippen molar-refractivity contribution >= 4 is 18.4 Å². The second-order valence-electron chi connectivity index (χ2n) is 3.13. The SMILES string of the molecule is CCOC(=O)[C@H]1CC(CC)=CCN1.Cl. The predicted octanol–water partition coefficient (Wildman–Crippen LogP) is 1.67. The second kappa shape index (κ2) is 6.85. The van der Waals surface area contributed by atoms with Crippen molar-refractivity contribution in [3.05, 3.63) is 11.6 Å². The molecule has 0 aromatic rings. The summed E-state index contributed by atoms with van der Waals surface area (Å²) < 4.78 is 4.95. The molecule has 0 radical (unpaired) electrons. The maximum absolute atomic E-state index is 11.3. The van der Waals surface area contributed by atoms with Crippen LogP contribution >= 0.6 is 12.4 Å². The van der Waals surface area contributed by atoms with Gasteiger partial charge >= 0.3 is 5.97 Å². The summed E-state index contributed by atoms with van der Waals surface area (Å²) >= 11 is 0. The molecule has 4 heteroatoms. The van der Waals surface area contributed by atoms with Crippen molar-refractivity contribution in [3.8, 4) is 0 Å². The second-order valence-corrected chi connectivity index (χ2v) is 3.13.